The van der Waals surface area contributed by atoms with Gasteiger partial charge in [-0.05, 0) is 44.5 Å². The zero-order valence-corrected chi connectivity index (χ0v) is 21.2. The molecule has 0 aromatic carbocycles. The maximum atomic E-state index is 13.8. The molecule has 202 valence electrons. The van der Waals surface area contributed by atoms with Crippen molar-refractivity contribution in [2.24, 2.45) is 11.7 Å². The van der Waals surface area contributed by atoms with E-state index >= 15 is 0 Å². The van der Waals surface area contributed by atoms with Gasteiger partial charge in [0.1, 0.15) is 11.9 Å². The molecule has 0 radical (unpaired) electrons. The number of hydrogen-bond acceptors (Lipinski definition) is 9. The standard InChI is InChI=1S/C26H34FN9O2/c27-17-13-31-24-22(23(28)33-36(24)15-17)25(37)32-21-14-29-7-4-19(21)16-2-3-20(30-12-16)26(38)35-10-5-18(6-11-35)34-8-1-9-34/h2-4,7,12,14,17-18,22-24,31,33H,1,5-6,8-11,13,15,28H2,(H,32,37). The van der Waals surface area contributed by atoms with Gasteiger partial charge in [-0.3, -0.25) is 24.9 Å². The molecule has 0 spiro atoms. The summed E-state index contributed by atoms with van der Waals surface area (Å²) in [5.74, 6) is -0.971. The van der Waals surface area contributed by atoms with Crippen molar-refractivity contribution < 1.29 is 14.0 Å². The van der Waals surface area contributed by atoms with E-state index in [9.17, 15) is 14.0 Å². The second kappa shape index (κ2) is 10.6. The molecule has 5 N–H and O–H groups in total. The van der Waals surface area contributed by atoms with Crippen LogP contribution in [-0.2, 0) is 4.79 Å². The van der Waals surface area contributed by atoms with Gasteiger partial charge in [-0.1, -0.05) is 6.07 Å². The highest BCUT2D eigenvalue weighted by Gasteiger charge is 2.47. The third kappa shape index (κ3) is 4.90. The lowest BCUT2D eigenvalue weighted by Crippen LogP contribution is -2.58. The molecule has 0 bridgehead atoms. The summed E-state index contributed by atoms with van der Waals surface area (Å²) in [7, 11) is 0. The number of carbonyl (C=O) groups is 2. The van der Waals surface area contributed by atoms with Gasteiger partial charge in [0.15, 0.2) is 0 Å². The number of carbonyl (C=O) groups excluding carboxylic acids is 2. The normalized spacial score (nSPS) is 28.5. The first-order valence-corrected chi connectivity index (χ1v) is 13.4. The van der Waals surface area contributed by atoms with Crippen molar-refractivity contribution >= 4 is 17.5 Å². The molecule has 2 amide bonds. The quantitative estimate of drug-likeness (QED) is 0.439. The third-order valence-electron chi connectivity index (χ3n) is 8.16. The summed E-state index contributed by atoms with van der Waals surface area (Å²) < 4.78 is 13.8. The molecule has 4 aliphatic rings. The molecular weight excluding hydrogens is 489 g/mol. The first kappa shape index (κ1) is 25.3. The monoisotopic (exact) mass is 523 g/mol. The van der Waals surface area contributed by atoms with Gasteiger partial charge in [0.05, 0.1) is 30.1 Å². The minimum Gasteiger partial charge on any atom is -0.337 e. The number of rotatable bonds is 5. The maximum Gasteiger partial charge on any atom is 0.272 e. The van der Waals surface area contributed by atoms with Crippen molar-refractivity contribution in [2.45, 2.75) is 43.8 Å². The number of fused-ring (bicyclic) bond motifs is 1. The van der Waals surface area contributed by atoms with E-state index in [1.807, 2.05) is 11.0 Å². The molecule has 4 unspecified atom stereocenters. The SMILES string of the molecule is NC1NN2CC(F)CNC2C1C(=O)Nc1cnccc1-c1ccc(C(=O)N2CCC(N3CCC3)CC2)nc1. The molecule has 4 fully saturated rings. The average Bonchev–Trinajstić information content (AvgIpc) is 3.23. The molecule has 6 rings (SSSR count). The maximum absolute atomic E-state index is 13.8. The highest BCUT2D eigenvalue weighted by atomic mass is 19.1. The van der Waals surface area contributed by atoms with Crippen LogP contribution in [0.3, 0.4) is 0 Å². The number of halogens is 1. The average molecular weight is 524 g/mol. The summed E-state index contributed by atoms with van der Waals surface area (Å²) in [6, 6.07) is 5.96. The Kier molecular flexibility index (Phi) is 7.06. The zero-order valence-electron chi connectivity index (χ0n) is 21.2. The lowest BCUT2D eigenvalue weighted by atomic mass is 9.99. The minimum atomic E-state index is -1.03. The number of likely N-dealkylation sites (tertiary alicyclic amines) is 2. The topological polar surface area (TPSA) is 132 Å². The van der Waals surface area contributed by atoms with E-state index in [1.165, 1.54) is 19.5 Å². The van der Waals surface area contributed by atoms with Crippen LogP contribution in [0, 0.1) is 5.92 Å². The first-order valence-electron chi connectivity index (χ1n) is 13.4. The Labute approximate surface area is 220 Å². The summed E-state index contributed by atoms with van der Waals surface area (Å²) in [5.41, 5.74) is 11.6. The van der Waals surface area contributed by atoms with Crippen molar-refractivity contribution in [2.75, 3.05) is 44.6 Å². The van der Waals surface area contributed by atoms with Crippen molar-refractivity contribution in [3.63, 3.8) is 0 Å². The molecule has 0 aliphatic carbocycles. The molecule has 38 heavy (non-hydrogen) atoms. The molecule has 4 saturated heterocycles. The van der Waals surface area contributed by atoms with E-state index in [0.717, 1.165) is 37.1 Å². The fourth-order valence-electron chi connectivity index (χ4n) is 5.92. The van der Waals surface area contributed by atoms with Crippen LogP contribution in [0.15, 0.2) is 36.8 Å². The molecule has 11 nitrogen and oxygen atoms in total. The summed E-state index contributed by atoms with van der Waals surface area (Å²) in [4.78, 5) is 39.4. The molecule has 0 saturated carbocycles. The van der Waals surface area contributed by atoms with E-state index in [2.05, 4.69) is 30.9 Å². The molecule has 4 atom stereocenters. The summed E-state index contributed by atoms with van der Waals surface area (Å²) in [6.07, 6.45) is 6.07. The van der Waals surface area contributed by atoms with Crippen LogP contribution >= 0.6 is 0 Å². The van der Waals surface area contributed by atoms with Crippen LogP contribution in [0.1, 0.15) is 29.8 Å². The molecular formula is C26H34FN9O2. The highest BCUT2D eigenvalue weighted by Crippen LogP contribution is 2.29. The zero-order chi connectivity index (χ0) is 26.2. The number of hydrazine groups is 1. The summed E-state index contributed by atoms with van der Waals surface area (Å²) in [5, 5.41) is 7.67. The van der Waals surface area contributed by atoms with E-state index < -0.39 is 24.4 Å². The Bertz CT molecular complexity index is 1170. The Morgan fingerprint density at radius 3 is 2.63 bits per heavy atom. The summed E-state index contributed by atoms with van der Waals surface area (Å²) in [6.45, 7) is 4.20. The lowest BCUT2D eigenvalue weighted by Gasteiger charge is -2.42. The Morgan fingerprint density at radius 2 is 1.92 bits per heavy atom. The van der Waals surface area contributed by atoms with E-state index in [4.69, 9.17) is 5.73 Å². The van der Waals surface area contributed by atoms with Gasteiger partial charge in [-0.2, -0.15) is 0 Å². The number of hydrogen-bond donors (Lipinski definition) is 4. The number of alkyl halides is 1. The molecule has 6 heterocycles. The molecule has 12 heteroatoms. The second-order valence-electron chi connectivity index (χ2n) is 10.5. The number of amides is 2. The Balaban J connectivity index is 1.12. The van der Waals surface area contributed by atoms with Crippen LogP contribution < -0.4 is 21.8 Å². The van der Waals surface area contributed by atoms with Gasteiger partial charge in [0, 0.05) is 55.7 Å². The van der Waals surface area contributed by atoms with E-state index in [-0.39, 0.29) is 24.9 Å². The number of nitrogens with two attached hydrogens (primary N) is 1. The minimum absolute atomic E-state index is 0.0513. The van der Waals surface area contributed by atoms with Crippen LogP contribution in [0.2, 0.25) is 0 Å². The van der Waals surface area contributed by atoms with Gasteiger partial charge in [0.2, 0.25) is 5.91 Å². The molecule has 2 aromatic heterocycles. The van der Waals surface area contributed by atoms with Gasteiger partial charge < -0.3 is 20.9 Å². The fourth-order valence-corrected chi connectivity index (χ4v) is 5.92. The molecule has 2 aromatic rings. The first-order chi connectivity index (χ1) is 18.5. The van der Waals surface area contributed by atoms with Crippen molar-refractivity contribution in [3.8, 4) is 11.1 Å². The van der Waals surface area contributed by atoms with Gasteiger partial charge in [0.25, 0.3) is 5.91 Å². The number of pyridine rings is 2. The largest absolute Gasteiger partial charge is 0.337 e. The molecule has 4 aliphatic heterocycles. The summed E-state index contributed by atoms with van der Waals surface area (Å²) >= 11 is 0. The van der Waals surface area contributed by atoms with E-state index in [1.54, 1.807) is 35.7 Å². The fraction of sp³-hybridized carbons (Fsp3) is 0.538. The van der Waals surface area contributed by atoms with Gasteiger partial charge in [-0.25, -0.2) is 14.8 Å². The second-order valence-corrected chi connectivity index (χ2v) is 10.5. The highest BCUT2D eigenvalue weighted by molar-refractivity contribution is 5.97. The lowest BCUT2D eigenvalue weighted by molar-refractivity contribution is -0.121. The Morgan fingerprint density at radius 1 is 1.11 bits per heavy atom. The predicted molar refractivity (Wildman–Crippen MR) is 139 cm³/mol. The Hall–Kier alpha value is -3.03. The smallest absolute Gasteiger partial charge is 0.272 e. The third-order valence-corrected chi connectivity index (χ3v) is 8.16. The van der Waals surface area contributed by atoms with Crippen LogP contribution in [0.4, 0.5) is 10.1 Å². The van der Waals surface area contributed by atoms with Crippen molar-refractivity contribution in [1.82, 2.24) is 35.5 Å². The predicted octanol–water partition coefficient (Wildman–Crippen LogP) is 0.381. The number of nitrogens with zero attached hydrogens (tertiary/aromatic N) is 5. The number of piperidine rings is 1. The van der Waals surface area contributed by atoms with Crippen LogP contribution in [0.5, 0.6) is 0 Å². The van der Waals surface area contributed by atoms with Crippen LogP contribution in [-0.4, -0.2) is 100 Å². The van der Waals surface area contributed by atoms with Crippen molar-refractivity contribution in [3.05, 3.63) is 42.5 Å². The van der Waals surface area contributed by atoms with E-state index in [0.29, 0.717) is 17.4 Å². The van der Waals surface area contributed by atoms with Crippen LogP contribution in [0.25, 0.3) is 11.1 Å². The van der Waals surface area contributed by atoms with Gasteiger partial charge >= 0.3 is 0 Å². The van der Waals surface area contributed by atoms with Gasteiger partial charge in [-0.15, -0.1) is 0 Å². The number of anilines is 1. The number of aromatic nitrogens is 2. The number of nitrogens with one attached hydrogen (secondary N) is 3. The van der Waals surface area contributed by atoms with Crippen molar-refractivity contribution in [1.29, 1.82) is 0 Å².